The van der Waals surface area contributed by atoms with Gasteiger partial charge >= 0.3 is 0 Å². The summed E-state index contributed by atoms with van der Waals surface area (Å²) in [7, 11) is 0. The second kappa shape index (κ2) is 6.09. The summed E-state index contributed by atoms with van der Waals surface area (Å²) in [4.78, 5) is 23.6. The molecule has 1 aromatic heterocycles. The van der Waals surface area contributed by atoms with Crippen molar-refractivity contribution in [3.05, 3.63) is 68.1 Å². The highest BCUT2D eigenvalue weighted by Gasteiger charge is 2.11. The molecule has 0 saturated heterocycles. The second-order valence-electron chi connectivity index (χ2n) is 4.08. The average Bonchev–Trinajstić information content (AvgIpc) is 2.44. The zero-order valence-electron chi connectivity index (χ0n) is 10.3. The van der Waals surface area contributed by atoms with Crippen LogP contribution in [0.25, 0.3) is 0 Å². The third-order valence-corrected chi connectivity index (χ3v) is 3.47. The first-order valence-corrected chi connectivity index (χ1v) is 6.43. The van der Waals surface area contributed by atoms with Crippen molar-refractivity contribution in [2.45, 2.75) is 6.54 Å². The molecule has 0 aliphatic carbocycles. The van der Waals surface area contributed by atoms with Crippen LogP contribution in [0.3, 0.4) is 0 Å². The minimum absolute atomic E-state index is 0.0185. The Kier molecular flexibility index (Phi) is 4.44. The zero-order valence-corrected chi connectivity index (χ0v) is 11.8. The number of nitrogens with zero attached hydrogens (tertiary/aromatic N) is 1. The van der Waals surface area contributed by atoms with E-state index in [4.69, 9.17) is 29.0 Å². The van der Waals surface area contributed by atoms with E-state index in [1.165, 1.54) is 10.6 Å². The molecule has 1 heterocycles. The number of halogens is 2. The largest absolute Gasteiger partial charge is 0.310 e. The van der Waals surface area contributed by atoms with Gasteiger partial charge in [-0.25, -0.2) is 5.84 Å². The first kappa shape index (κ1) is 14.6. The van der Waals surface area contributed by atoms with Crippen LogP contribution in [0.15, 0.2) is 41.3 Å². The average molecular weight is 312 g/mol. The van der Waals surface area contributed by atoms with E-state index < -0.39 is 11.5 Å². The molecule has 1 aromatic carbocycles. The Morgan fingerprint density at radius 1 is 1.25 bits per heavy atom. The van der Waals surface area contributed by atoms with E-state index in [0.29, 0.717) is 10.0 Å². The van der Waals surface area contributed by atoms with Crippen molar-refractivity contribution in [1.29, 1.82) is 0 Å². The van der Waals surface area contributed by atoms with E-state index in [-0.39, 0.29) is 12.1 Å². The van der Waals surface area contributed by atoms with Crippen molar-refractivity contribution in [2.75, 3.05) is 0 Å². The third kappa shape index (κ3) is 3.01. The molecule has 3 N–H and O–H groups in total. The van der Waals surface area contributed by atoms with Crippen LogP contribution in [0, 0.1) is 0 Å². The Hall–Kier alpha value is -1.82. The first-order valence-electron chi connectivity index (χ1n) is 5.67. The number of aromatic nitrogens is 1. The molecule has 1 amide bonds. The lowest BCUT2D eigenvalue weighted by Gasteiger charge is -2.08. The summed E-state index contributed by atoms with van der Waals surface area (Å²) in [5.41, 5.74) is 2.29. The Morgan fingerprint density at radius 3 is 2.65 bits per heavy atom. The van der Waals surface area contributed by atoms with Gasteiger partial charge in [-0.15, -0.1) is 0 Å². The lowest BCUT2D eigenvalue weighted by Crippen LogP contribution is -2.36. The normalized spacial score (nSPS) is 10.3. The van der Waals surface area contributed by atoms with E-state index in [9.17, 15) is 9.59 Å². The van der Waals surface area contributed by atoms with Gasteiger partial charge in [0, 0.05) is 6.20 Å². The van der Waals surface area contributed by atoms with Crippen molar-refractivity contribution in [3.8, 4) is 0 Å². The molecule has 104 valence electrons. The quantitative estimate of drug-likeness (QED) is 0.515. The Morgan fingerprint density at radius 2 is 2.00 bits per heavy atom. The van der Waals surface area contributed by atoms with Gasteiger partial charge < -0.3 is 4.57 Å². The van der Waals surface area contributed by atoms with Crippen LogP contribution in [-0.4, -0.2) is 10.5 Å². The number of amides is 1. The maximum absolute atomic E-state index is 12.1. The van der Waals surface area contributed by atoms with Crippen LogP contribution in [0.5, 0.6) is 0 Å². The van der Waals surface area contributed by atoms with E-state index in [0.717, 1.165) is 5.56 Å². The Bertz CT molecular complexity index is 713. The molecule has 0 saturated carbocycles. The van der Waals surface area contributed by atoms with Crippen LogP contribution >= 0.6 is 23.2 Å². The highest BCUT2D eigenvalue weighted by molar-refractivity contribution is 6.42. The lowest BCUT2D eigenvalue weighted by molar-refractivity contribution is 0.0951. The zero-order chi connectivity index (χ0) is 14.7. The molecule has 0 aliphatic heterocycles. The standard InChI is InChI=1S/C13H11Cl2N3O2/c14-10-4-3-8(6-11(10)15)7-18-5-1-2-9(13(18)20)12(19)17-16/h1-6H,7,16H2,(H,17,19). The number of hydrogen-bond acceptors (Lipinski definition) is 3. The van der Waals surface area contributed by atoms with Crippen molar-refractivity contribution in [3.63, 3.8) is 0 Å². The number of benzene rings is 1. The van der Waals surface area contributed by atoms with E-state index in [2.05, 4.69) is 0 Å². The fraction of sp³-hybridized carbons (Fsp3) is 0.0769. The number of rotatable bonds is 3. The highest BCUT2D eigenvalue weighted by atomic mass is 35.5. The van der Waals surface area contributed by atoms with Crippen molar-refractivity contribution in [1.82, 2.24) is 9.99 Å². The van der Waals surface area contributed by atoms with Gasteiger partial charge in [-0.2, -0.15) is 0 Å². The molecule has 0 spiro atoms. The number of nitrogen functional groups attached to an aromatic ring is 1. The van der Waals surface area contributed by atoms with Gasteiger partial charge in [0.05, 0.1) is 16.6 Å². The second-order valence-corrected chi connectivity index (χ2v) is 4.89. The highest BCUT2D eigenvalue weighted by Crippen LogP contribution is 2.22. The number of hydrogen-bond donors (Lipinski definition) is 2. The molecule has 20 heavy (non-hydrogen) atoms. The summed E-state index contributed by atoms with van der Waals surface area (Å²) in [5.74, 6) is 4.41. The van der Waals surface area contributed by atoms with Crippen molar-refractivity contribution < 1.29 is 4.79 Å². The van der Waals surface area contributed by atoms with Gasteiger partial charge in [0.25, 0.3) is 11.5 Å². The molecule has 0 bridgehead atoms. The van der Waals surface area contributed by atoms with Crippen LogP contribution < -0.4 is 16.8 Å². The maximum atomic E-state index is 12.1. The molecule has 5 nitrogen and oxygen atoms in total. The number of nitrogens with one attached hydrogen (secondary N) is 1. The van der Waals surface area contributed by atoms with Crippen molar-refractivity contribution >= 4 is 29.1 Å². The molecule has 7 heteroatoms. The van der Waals surface area contributed by atoms with E-state index >= 15 is 0 Å². The molecule has 0 atom stereocenters. The molecule has 0 aliphatic rings. The van der Waals surface area contributed by atoms with E-state index in [1.54, 1.807) is 30.5 Å². The molecule has 0 unspecified atom stereocenters. The summed E-state index contributed by atoms with van der Waals surface area (Å²) < 4.78 is 1.39. The number of nitrogens with two attached hydrogens (primary N) is 1. The molecule has 0 fully saturated rings. The summed E-state index contributed by atoms with van der Waals surface area (Å²) >= 11 is 11.8. The number of carbonyl (C=O) groups is 1. The van der Waals surface area contributed by atoms with Crippen LogP contribution in [0.1, 0.15) is 15.9 Å². The van der Waals surface area contributed by atoms with Crippen molar-refractivity contribution in [2.24, 2.45) is 5.84 Å². The maximum Gasteiger partial charge on any atom is 0.270 e. The molecule has 2 rings (SSSR count). The lowest BCUT2D eigenvalue weighted by atomic mass is 10.2. The summed E-state index contributed by atoms with van der Waals surface area (Å²) in [6.07, 6.45) is 1.58. The number of carbonyl (C=O) groups excluding carboxylic acids is 1. The van der Waals surface area contributed by atoms with Crippen LogP contribution in [0.4, 0.5) is 0 Å². The summed E-state index contributed by atoms with van der Waals surface area (Å²) in [5, 5.41) is 0.854. The number of pyridine rings is 1. The van der Waals surface area contributed by atoms with Gasteiger partial charge in [-0.05, 0) is 29.8 Å². The molecular formula is C13H11Cl2N3O2. The summed E-state index contributed by atoms with van der Waals surface area (Å²) in [6.45, 7) is 0.279. The minimum atomic E-state index is -0.626. The summed E-state index contributed by atoms with van der Waals surface area (Å²) in [6, 6.07) is 8.10. The molecular weight excluding hydrogens is 301 g/mol. The van der Waals surface area contributed by atoms with Gasteiger partial charge in [-0.3, -0.25) is 15.0 Å². The van der Waals surface area contributed by atoms with Crippen LogP contribution in [-0.2, 0) is 6.54 Å². The predicted molar refractivity (Wildman–Crippen MR) is 77.9 cm³/mol. The van der Waals surface area contributed by atoms with Gasteiger partial charge in [0.1, 0.15) is 5.56 Å². The first-order chi connectivity index (χ1) is 9.52. The fourth-order valence-corrected chi connectivity index (χ4v) is 2.07. The van der Waals surface area contributed by atoms with Gasteiger partial charge in [0.2, 0.25) is 0 Å². The molecule has 0 radical (unpaired) electrons. The predicted octanol–water partition coefficient (Wildman–Crippen LogP) is 1.81. The Balaban J connectivity index is 2.37. The fourth-order valence-electron chi connectivity index (χ4n) is 1.75. The number of hydrazine groups is 1. The smallest absolute Gasteiger partial charge is 0.270 e. The van der Waals surface area contributed by atoms with Crippen LogP contribution in [0.2, 0.25) is 10.0 Å². The monoisotopic (exact) mass is 311 g/mol. The minimum Gasteiger partial charge on any atom is -0.310 e. The van der Waals surface area contributed by atoms with E-state index in [1.807, 2.05) is 5.43 Å². The SMILES string of the molecule is NNC(=O)c1cccn(Cc2ccc(Cl)c(Cl)c2)c1=O. The van der Waals surface area contributed by atoms with Gasteiger partial charge in [-0.1, -0.05) is 29.3 Å². The topological polar surface area (TPSA) is 77.1 Å². The van der Waals surface area contributed by atoms with Gasteiger partial charge in [0.15, 0.2) is 0 Å². The third-order valence-electron chi connectivity index (χ3n) is 2.73. The Labute approximate surface area is 124 Å². The molecule has 2 aromatic rings.